The van der Waals surface area contributed by atoms with Crippen LogP contribution in [0.25, 0.3) is 0 Å². The molecule has 2 rings (SSSR count). The number of amides is 1. The van der Waals surface area contributed by atoms with Crippen LogP contribution >= 0.6 is 11.6 Å². The van der Waals surface area contributed by atoms with E-state index in [9.17, 15) is 4.79 Å². The Morgan fingerprint density at radius 3 is 2.35 bits per heavy atom. The zero-order valence-electron chi connectivity index (χ0n) is 12.2. The second kappa shape index (κ2) is 5.58. The summed E-state index contributed by atoms with van der Waals surface area (Å²) in [7, 11) is 0. The predicted molar refractivity (Wildman–Crippen MR) is 80.9 cm³/mol. The van der Waals surface area contributed by atoms with Gasteiger partial charge in [0, 0.05) is 37.3 Å². The number of halogens is 1. The summed E-state index contributed by atoms with van der Waals surface area (Å²) in [6.07, 6.45) is 0. The van der Waals surface area contributed by atoms with Crippen molar-refractivity contribution in [3.63, 3.8) is 0 Å². The molecule has 1 saturated heterocycles. The SMILES string of the molecule is CC(C)(C)N1CCN(C(=O)c2cc(N)nc(Cl)c2)CC1. The maximum absolute atomic E-state index is 12.4. The molecule has 2 heterocycles. The first kappa shape index (κ1) is 15.1. The van der Waals surface area contributed by atoms with E-state index >= 15 is 0 Å². The van der Waals surface area contributed by atoms with Gasteiger partial charge in [-0.15, -0.1) is 0 Å². The topological polar surface area (TPSA) is 62.5 Å². The van der Waals surface area contributed by atoms with E-state index in [1.54, 1.807) is 12.1 Å². The number of carbonyl (C=O) groups is 1. The van der Waals surface area contributed by atoms with E-state index < -0.39 is 0 Å². The molecule has 0 atom stereocenters. The van der Waals surface area contributed by atoms with Crippen LogP contribution in [0.3, 0.4) is 0 Å². The van der Waals surface area contributed by atoms with Gasteiger partial charge in [0.05, 0.1) is 0 Å². The first-order valence-corrected chi connectivity index (χ1v) is 7.12. The van der Waals surface area contributed by atoms with Crippen LogP contribution in [-0.4, -0.2) is 52.4 Å². The Balaban J connectivity index is 2.05. The third-order valence-electron chi connectivity index (χ3n) is 3.58. The van der Waals surface area contributed by atoms with Gasteiger partial charge in [-0.05, 0) is 32.9 Å². The van der Waals surface area contributed by atoms with Gasteiger partial charge >= 0.3 is 0 Å². The molecule has 1 aromatic rings. The van der Waals surface area contributed by atoms with Gasteiger partial charge in [0.25, 0.3) is 5.91 Å². The molecule has 1 aliphatic rings. The third-order valence-corrected chi connectivity index (χ3v) is 3.77. The number of nitrogens with two attached hydrogens (primary N) is 1. The molecular formula is C14H21ClN4O. The first-order valence-electron chi connectivity index (χ1n) is 6.75. The lowest BCUT2D eigenvalue weighted by atomic mass is 10.0. The third kappa shape index (κ3) is 3.41. The van der Waals surface area contributed by atoms with Gasteiger partial charge in [0.2, 0.25) is 0 Å². The summed E-state index contributed by atoms with van der Waals surface area (Å²) in [5.74, 6) is 0.240. The number of hydrogen-bond acceptors (Lipinski definition) is 4. The monoisotopic (exact) mass is 296 g/mol. The van der Waals surface area contributed by atoms with Crippen molar-refractivity contribution in [3.8, 4) is 0 Å². The van der Waals surface area contributed by atoms with Gasteiger partial charge in [-0.1, -0.05) is 11.6 Å². The zero-order valence-corrected chi connectivity index (χ0v) is 12.9. The van der Waals surface area contributed by atoms with E-state index in [0.717, 1.165) is 26.2 Å². The molecule has 2 N–H and O–H groups in total. The quantitative estimate of drug-likeness (QED) is 0.804. The van der Waals surface area contributed by atoms with Crippen LogP contribution in [0.2, 0.25) is 5.15 Å². The van der Waals surface area contributed by atoms with Crippen molar-refractivity contribution in [1.82, 2.24) is 14.8 Å². The molecule has 0 aromatic carbocycles. The molecule has 0 saturated carbocycles. The van der Waals surface area contributed by atoms with Crippen molar-refractivity contribution in [2.24, 2.45) is 0 Å². The Bertz CT molecular complexity index is 484. The molecule has 1 fully saturated rings. The fraction of sp³-hybridized carbons (Fsp3) is 0.571. The highest BCUT2D eigenvalue weighted by Crippen LogP contribution is 2.18. The van der Waals surface area contributed by atoms with Gasteiger partial charge < -0.3 is 10.6 Å². The van der Waals surface area contributed by atoms with Crippen LogP contribution < -0.4 is 5.73 Å². The molecule has 20 heavy (non-hydrogen) atoms. The lowest BCUT2D eigenvalue weighted by Crippen LogP contribution is -2.54. The van der Waals surface area contributed by atoms with Crippen LogP contribution in [-0.2, 0) is 0 Å². The van der Waals surface area contributed by atoms with E-state index in [2.05, 4.69) is 30.7 Å². The van der Waals surface area contributed by atoms with Gasteiger partial charge in [0.15, 0.2) is 0 Å². The van der Waals surface area contributed by atoms with Gasteiger partial charge in [-0.25, -0.2) is 4.98 Å². The highest BCUT2D eigenvalue weighted by atomic mass is 35.5. The van der Waals surface area contributed by atoms with Crippen LogP contribution in [0.4, 0.5) is 5.82 Å². The number of nitrogen functional groups attached to an aromatic ring is 1. The smallest absolute Gasteiger partial charge is 0.254 e. The highest BCUT2D eigenvalue weighted by molar-refractivity contribution is 6.29. The van der Waals surface area contributed by atoms with Crippen molar-refractivity contribution >= 4 is 23.3 Å². The summed E-state index contributed by atoms with van der Waals surface area (Å²) >= 11 is 5.85. The predicted octanol–water partition coefficient (Wildman–Crippen LogP) is 1.87. The van der Waals surface area contributed by atoms with E-state index in [1.807, 2.05) is 4.90 Å². The van der Waals surface area contributed by atoms with Gasteiger partial charge in [-0.2, -0.15) is 0 Å². The Kier molecular flexibility index (Phi) is 4.20. The standard InChI is InChI=1S/C14H21ClN4O/c1-14(2,3)19-6-4-18(5-7-19)13(20)10-8-11(15)17-12(16)9-10/h8-9H,4-7H2,1-3H3,(H2,16,17). The molecule has 1 aliphatic heterocycles. The van der Waals surface area contributed by atoms with Crippen molar-refractivity contribution in [1.29, 1.82) is 0 Å². The second-order valence-electron chi connectivity index (χ2n) is 6.05. The molecule has 0 spiro atoms. The fourth-order valence-electron chi connectivity index (χ4n) is 2.40. The van der Waals surface area contributed by atoms with E-state index in [1.165, 1.54) is 0 Å². The highest BCUT2D eigenvalue weighted by Gasteiger charge is 2.28. The molecular weight excluding hydrogens is 276 g/mol. The van der Waals surface area contributed by atoms with Crippen molar-refractivity contribution in [2.45, 2.75) is 26.3 Å². The maximum Gasteiger partial charge on any atom is 0.254 e. The zero-order chi connectivity index (χ0) is 14.9. The molecule has 1 aromatic heterocycles. The largest absolute Gasteiger partial charge is 0.384 e. The van der Waals surface area contributed by atoms with Crippen LogP contribution in [0.15, 0.2) is 12.1 Å². The number of hydrogen-bond donors (Lipinski definition) is 1. The summed E-state index contributed by atoms with van der Waals surface area (Å²) in [6, 6.07) is 3.14. The Morgan fingerprint density at radius 1 is 1.25 bits per heavy atom. The molecule has 0 aliphatic carbocycles. The lowest BCUT2D eigenvalue weighted by molar-refractivity contribution is 0.0451. The Labute approximate surface area is 124 Å². The minimum atomic E-state index is -0.0328. The maximum atomic E-state index is 12.4. The summed E-state index contributed by atoms with van der Waals surface area (Å²) in [6.45, 7) is 9.76. The summed E-state index contributed by atoms with van der Waals surface area (Å²) in [5.41, 5.74) is 6.28. The number of aromatic nitrogens is 1. The van der Waals surface area contributed by atoms with Crippen molar-refractivity contribution in [2.75, 3.05) is 31.9 Å². The molecule has 0 unspecified atom stereocenters. The van der Waals surface area contributed by atoms with Crippen molar-refractivity contribution < 1.29 is 4.79 Å². The van der Waals surface area contributed by atoms with E-state index in [-0.39, 0.29) is 22.4 Å². The summed E-state index contributed by atoms with van der Waals surface area (Å²) < 4.78 is 0. The molecule has 0 radical (unpaired) electrons. The van der Waals surface area contributed by atoms with Crippen LogP contribution in [0.1, 0.15) is 31.1 Å². The summed E-state index contributed by atoms with van der Waals surface area (Å²) in [4.78, 5) is 20.5. The number of carbonyl (C=O) groups excluding carboxylic acids is 1. The number of anilines is 1. The van der Waals surface area contributed by atoms with E-state index in [0.29, 0.717) is 5.56 Å². The van der Waals surface area contributed by atoms with E-state index in [4.69, 9.17) is 17.3 Å². The Morgan fingerprint density at radius 2 is 1.85 bits per heavy atom. The first-order chi connectivity index (χ1) is 9.27. The second-order valence-corrected chi connectivity index (χ2v) is 6.44. The average Bonchev–Trinajstić information content (AvgIpc) is 2.36. The Hall–Kier alpha value is -1.33. The number of nitrogens with zero attached hydrogens (tertiary/aromatic N) is 3. The average molecular weight is 297 g/mol. The van der Waals surface area contributed by atoms with Crippen LogP contribution in [0, 0.1) is 0 Å². The minimum Gasteiger partial charge on any atom is -0.384 e. The molecule has 5 nitrogen and oxygen atoms in total. The molecule has 0 bridgehead atoms. The number of piperazine rings is 1. The molecule has 1 amide bonds. The molecule has 110 valence electrons. The summed E-state index contributed by atoms with van der Waals surface area (Å²) in [5, 5.41) is 0.252. The molecule has 6 heteroatoms. The van der Waals surface area contributed by atoms with Gasteiger partial charge in [0.1, 0.15) is 11.0 Å². The van der Waals surface area contributed by atoms with Crippen molar-refractivity contribution in [3.05, 3.63) is 22.8 Å². The number of rotatable bonds is 1. The lowest BCUT2D eigenvalue weighted by Gasteiger charge is -2.42. The number of pyridine rings is 1. The van der Waals surface area contributed by atoms with Gasteiger partial charge in [-0.3, -0.25) is 9.69 Å². The minimum absolute atomic E-state index is 0.0328. The normalized spacial score (nSPS) is 17.3. The fourth-order valence-corrected chi connectivity index (χ4v) is 2.62. The van der Waals surface area contributed by atoms with Crippen LogP contribution in [0.5, 0.6) is 0 Å².